The highest BCUT2D eigenvalue weighted by Gasteiger charge is 2.73. The lowest BCUT2D eigenvalue weighted by atomic mass is 9.74. The van der Waals surface area contributed by atoms with E-state index in [0.717, 1.165) is 24.8 Å². The first kappa shape index (κ1) is 23.9. The number of para-hydroxylation sites is 1. The molecule has 7 heteroatoms. The molecule has 2 bridgehead atoms. The fourth-order valence-electron chi connectivity index (χ4n) is 6.53. The molecule has 3 heterocycles. The minimum absolute atomic E-state index is 0.246. The molecule has 2 N–H and O–H groups in total. The summed E-state index contributed by atoms with van der Waals surface area (Å²) in [5, 5.41) is 6.08. The molecule has 1 aliphatic carbocycles. The van der Waals surface area contributed by atoms with Gasteiger partial charge in [0.2, 0.25) is 17.7 Å². The van der Waals surface area contributed by atoms with E-state index in [-0.39, 0.29) is 17.7 Å². The molecule has 2 aromatic rings. The van der Waals surface area contributed by atoms with E-state index in [1.54, 1.807) is 4.90 Å². The van der Waals surface area contributed by atoms with Crippen LogP contribution in [-0.2, 0) is 32.0 Å². The number of nitrogens with one attached hydrogen (secondary N) is 2. The van der Waals surface area contributed by atoms with Crippen LogP contribution in [0.15, 0.2) is 54.6 Å². The molecule has 0 saturated carbocycles. The maximum absolute atomic E-state index is 14.2. The first-order valence-electron chi connectivity index (χ1n) is 13.1. The average molecular weight is 500 g/mol. The van der Waals surface area contributed by atoms with Crippen molar-refractivity contribution in [2.45, 2.75) is 70.2 Å². The van der Waals surface area contributed by atoms with Crippen LogP contribution >= 0.6 is 0 Å². The lowest BCUT2D eigenvalue weighted by Crippen LogP contribution is -2.58. The zero-order chi connectivity index (χ0) is 26.1. The summed E-state index contributed by atoms with van der Waals surface area (Å²) < 4.78 is 6.45. The van der Waals surface area contributed by atoms with E-state index in [1.807, 2.05) is 76.2 Å². The van der Waals surface area contributed by atoms with Gasteiger partial charge in [-0.3, -0.25) is 19.3 Å². The zero-order valence-electron chi connectivity index (χ0n) is 21.7. The Balaban J connectivity index is 1.41. The topological polar surface area (TPSA) is 87.7 Å². The van der Waals surface area contributed by atoms with E-state index < -0.39 is 35.1 Å². The normalized spacial score (nSPS) is 29.4. The van der Waals surface area contributed by atoms with Crippen LogP contribution in [-0.4, -0.2) is 41.0 Å². The lowest BCUT2D eigenvalue weighted by molar-refractivity contribution is -0.129. The summed E-state index contributed by atoms with van der Waals surface area (Å²) in [5.74, 6) is -2.33. The summed E-state index contributed by atoms with van der Waals surface area (Å²) in [6, 6.07) is 12.7. The van der Waals surface area contributed by atoms with Gasteiger partial charge >= 0.3 is 0 Å². The molecule has 1 spiro atoms. The molecule has 37 heavy (non-hydrogen) atoms. The van der Waals surface area contributed by atoms with Crippen molar-refractivity contribution in [1.82, 2.24) is 5.32 Å². The molecular formula is C30H33N3O4. The average Bonchev–Trinajstić information content (AvgIpc) is 3.59. The van der Waals surface area contributed by atoms with Gasteiger partial charge in [0.15, 0.2) is 0 Å². The second kappa shape index (κ2) is 8.28. The van der Waals surface area contributed by atoms with Gasteiger partial charge in [-0.05, 0) is 81.8 Å². The standard InChI is InChI=1S/C30H33N3O4/c1-17-8-5-6-11-21(17)31-26(34)23-22-14-15-30(37-22)24(23)28(36)33(25(30)27(35)32-29(2,3)4)20-13-12-18-9-7-10-19(18)16-20/h5-6,8,11-16,22-25H,7,9-10H2,1-4H3,(H,31,34)(H,32,35)/t22-,23-,24+,25-,30-/m1/s1. The molecule has 3 amide bonds. The van der Waals surface area contributed by atoms with Crippen LogP contribution in [0.2, 0.25) is 0 Å². The fraction of sp³-hybridized carbons (Fsp3) is 0.433. The Morgan fingerprint density at radius 3 is 2.57 bits per heavy atom. The van der Waals surface area contributed by atoms with Crippen LogP contribution in [0.25, 0.3) is 0 Å². The Labute approximate surface area is 217 Å². The number of fused-ring (bicyclic) bond motifs is 2. The third kappa shape index (κ3) is 3.71. The summed E-state index contributed by atoms with van der Waals surface area (Å²) in [4.78, 5) is 43.3. The van der Waals surface area contributed by atoms with Crippen molar-refractivity contribution in [3.05, 3.63) is 71.3 Å². The highest BCUT2D eigenvalue weighted by Crippen LogP contribution is 2.56. The number of ether oxygens (including phenoxy) is 1. The molecule has 0 radical (unpaired) electrons. The Bertz CT molecular complexity index is 1340. The SMILES string of the molecule is Cc1ccccc1NC(=O)[C@H]1[C@H]2C(=O)N(c3ccc4c(c3)CCC4)[C@H](C(=O)NC(C)(C)C)[C@@]23C=C[C@H]1O3. The molecule has 4 aliphatic rings. The van der Waals surface area contributed by atoms with Gasteiger partial charge in [-0.25, -0.2) is 0 Å². The fourth-order valence-corrected chi connectivity index (χ4v) is 6.53. The van der Waals surface area contributed by atoms with Crippen LogP contribution in [0, 0.1) is 18.8 Å². The van der Waals surface area contributed by atoms with Crippen molar-refractivity contribution < 1.29 is 19.1 Å². The van der Waals surface area contributed by atoms with E-state index in [0.29, 0.717) is 11.4 Å². The minimum atomic E-state index is -1.20. The van der Waals surface area contributed by atoms with Gasteiger partial charge < -0.3 is 15.4 Å². The molecule has 2 fully saturated rings. The van der Waals surface area contributed by atoms with Crippen LogP contribution < -0.4 is 15.5 Å². The Morgan fingerprint density at radius 2 is 1.81 bits per heavy atom. The van der Waals surface area contributed by atoms with Crippen LogP contribution in [0.1, 0.15) is 43.9 Å². The minimum Gasteiger partial charge on any atom is -0.359 e. The van der Waals surface area contributed by atoms with Crippen LogP contribution in [0.5, 0.6) is 0 Å². The van der Waals surface area contributed by atoms with Gasteiger partial charge in [-0.1, -0.05) is 36.4 Å². The van der Waals surface area contributed by atoms with E-state index in [1.165, 1.54) is 11.1 Å². The molecule has 192 valence electrons. The van der Waals surface area contributed by atoms with E-state index in [4.69, 9.17) is 4.74 Å². The summed E-state index contributed by atoms with van der Waals surface area (Å²) in [6.45, 7) is 7.67. The molecule has 7 nitrogen and oxygen atoms in total. The van der Waals surface area contributed by atoms with Gasteiger partial charge in [0.05, 0.1) is 17.9 Å². The molecule has 0 aromatic heterocycles. The maximum atomic E-state index is 14.2. The van der Waals surface area contributed by atoms with Crippen LogP contribution in [0.4, 0.5) is 11.4 Å². The predicted octanol–water partition coefficient (Wildman–Crippen LogP) is 3.69. The monoisotopic (exact) mass is 499 g/mol. The summed E-state index contributed by atoms with van der Waals surface area (Å²) in [5.41, 5.74) is 3.12. The molecular weight excluding hydrogens is 466 g/mol. The second-order valence-corrected chi connectivity index (χ2v) is 11.8. The Hall–Kier alpha value is -3.45. The lowest BCUT2D eigenvalue weighted by Gasteiger charge is -2.34. The third-order valence-electron chi connectivity index (χ3n) is 8.09. The largest absolute Gasteiger partial charge is 0.359 e. The predicted molar refractivity (Wildman–Crippen MR) is 141 cm³/mol. The maximum Gasteiger partial charge on any atom is 0.246 e. The van der Waals surface area contributed by atoms with Crippen molar-refractivity contribution in [3.63, 3.8) is 0 Å². The third-order valence-corrected chi connectivity index (χ3v) is 8.09. The van der Waals surface area contributed by atoms with Gasteiger partial charge in [0.1, 0.15) is 11.6 Å². The van der Waals surface area contributed by atoms with Gasteiger partial charge in [-0.2, -0.15) is 0 Å². The van der Waals surface area contributed by atoms with Crippen LogP contribution in [0.3, 0.4) is 0 Å². The second-order valence-electron chi connectivity index (χ2n) is 11.8. The Morgan fingerprint density at radius 1 is 1.05 bits per heavy atom. The number of rotatable bonds is 4. The van der Waals surface area contributed by atoms with Crippen molar-refractivity contribution >= 4 is 29.1 Å². The van der Waals surface area contributed by atoms with Gasteiger partial charge in [-0.15, -0.1) is 0 Å². The van der Waals surface area contributed by atoms with Crippen molar-refractivity contribution in [1.29, 1.82) is 0 Å². The summed E-state index contributed by atoms with van der Waals surface area (Å²) in [7, 11) is 0. The number of hydrogen-bond acceptors (Lipinski definition) is 4. The number of carbonyl (C=O) groups is 3. The van der Waals surface area contributed by atoms with E-state index >= 15 is 0 Å². The zero-order valence-corrected chi connectivity index (χ0v) is 21.7. The molecule has 0 unspecified atom stereocenters. The van der Waals surface area contributed by atoms with E-state index in [9.17, 15) is 14.4 Å². The first-order chi connectivity index (χ1) is 17.6. The number of carbonyl (C=O) groups excluding carboxylic acids is 3. The number of aryl methyl sites for hydroxylation is 3. The van der Waals surface area contributed by atoms with Crippen molar-refractivity contribution in [3.8, 4) is 0 Å². The van der Waals surface area contributed by atoms with Gasteiger partial charge in [0, 0.05) is 16.9 Å². The number of nitrogens with zero attached hydrogens (tertiary/aromatic N) is 1. The number of hydrogen-bond donors (Lipinski definition) is 2. The highest BCUT2D eigenvalue weighted by molar-refractivity contribution is 6.11. The number of benzene rings is 2. The number of amides is 3. The Kier molecular flexibility index (Phi) is 5.35. The smallest absolute Gasteiger partial charge is 0.246 e. The molecule has 5 atom stereocenters. The number of anilines is 2. The van der Waals surface area contributed by atoms with Crippen molar-refractivity contribution in [2.24, 2.45) is 11.8 Å². The van der Waals surface area contributed by atoms with E-state index in [2.05, 4.69) is 16.7 Å². The van der Waals surface area contributed by atoms with Crippen molar-refractivity contribution in [2.75, 3.05) is 10.2 Å². The summed E-state index contributed by atoms with van der Waals surface area (Å²) >= 11 is 0. The first-order valence-corrected chi connectivity index (χ1v) is 13.1. The quantitative estimate of drug-likeness (QED) is 0.628. The molecule has 3 aliphatic heterocycles. The molecule has 2 aromatic carbocycles. The van der Waals surface area contributed by atoms with Gasteiger partial charge in [0.25, 0.3) is 0 Å². The molecule has 6 rings (SSSR count). The summed E-state index contributed by atoms with van der Waals surface area (Å²) in [6.07, 6.45) is 6.19. The molecule has 2 saturated heterocycles. The highest BCUT2D eigenvalue weighted by atomic mass is 16.5.